The predicted octanol–water partition coefficient (Wildman–Crippen LogP) is 7.46. The van der Waals surface area contributed by atoms with Gasteiger partial charge >= 0.3 is 5.97 Å². The maximum atomic E-state index is 13.4. The van der Waals surface area contributed by atoms with Crippen LogP contribution < -0.4 is 0 Å². The lowest BCUT2D eigenvalue weighted by molar-refractivity contribution is -0.140. The third-order valence-corrected chi connectivity index (χ3v) is 7.54. The predicted molar refractivity (Wildman–Crippen MR) is 138 cm³/mol. The molecular formula is C25H49O5PS. The summed E-state index contributed by atoms with van der Waals surface area (Å²) in [5, 5.41) is 1.06. The number of hydrogen-bond acceptors (Lipinski definition) is 4. The highest BCUT2D eigenvalue weighted by molar-refractivity contribution is 7.85. The fourth-order valence-electron chi connectivity index (χ4n) is 4.33. The van der Waals surface area contributed by atoms with E-state index in [0.29, 0.717) is 0 Å². The molecule has 0 aromatic heterocycles. The zero-order valence-corrected chi connectivity index (χ0v) is 23.1. The van der Waals surface area contributed by atoms with Gasteiger partial charge in [-0.05, 0) is 43.8 Å². The summed E-state index contributed by atoms with van der Waals surface area (Å²) < 4.78 is 36.6. The summed E-state index contributed by atoms with van der Waals surface area (Å²) in [6.45, 7) is 8.76. The van der Waals surface area contributed by atoms with Crippen molar-refractivity contribution in [2.75, 3.05) is 12.4 Å². The van der Waals surface area contributed by atoms with Crippen LogP contribution in [0.4, 0.5) is 0 Å². The monoisotopic (exact) mass is 492 g/mol. The second-order valence-electron chi connectivity index (χ2n) is 9.08. The van der Waals surface area contributed by atoms with Crippen LogP contribution in [0.1, 0.15) is 124 Å². The molecule has 7 heteroatoms. The van der Waals surface area contributed by atoms with E-state index in [4.69, 9.17) is 9.29 Å². The third kappa shape index (κ3) is 13.3. The maximum absolute atomic E-state index is 13.4. The summed E-state index contributed by atoms with van der Waals surface area (Å²) in [4.78, 5) is 13.4. The van der Waals surface area contributed by atoms with Gasteiger partial charge in [-0.15, -0.1) is 9.24 Å². The van der Waals surface area contributed by atoms with E-state index in [1.165, 1.54) is 12.8 Å². The lowest BCUT2D eigenvalue weighted by Gasteiger charge is -2.37. The molecule has 32 heavy (non-hydrogen) atoms. The number of unbranched alkanes of at least 4 members (excludes halogenated alkanes) is 6. The van der Waals surface area contributed by atoms with Crippen LogP contribution in [-0.4, -0.2) is 31.3 Å². The standard InChI is InChI=1S/C25H49O5PS/c1-5-9-13-14-16-22(31)23(24(26)30-20-15-21-32(27,28)29)25(17-10-6-2,18-11-7-3)19-12-8-4/h5-21,31H2,1-4H3,(H,27,28,29). The van der Waals surface area contributed by atoms with Gasteiger partial charge in [0.05, 0.1) is 12.4 Å². The van der Waals surface area contributed by atoms with Crippen molar-refractivity contribution < 1.29 is 22.5 Å². The number of allylic oxidation sites excluding steroid dienone is 1. The van der Waals surface area contributed by atoms with Crippen LogP contribution >= 0.6 is 9.24 Å². The first-order valence-electron chi connectivity index (χ1n) is 12.8. The molecule has 190 valence electrons. The van der Waals surface area contributed by atoms with E-state index in [9.17, 15) is 13.2 Å². The average Bonchev–Trinajstić information content (AvgIpc) is 2.74. The molecule has 0 saturated heterocycles. The smallest absolute Gasteiger partial charge is 0.334 e. The van der Waals surface area contributed by atoms with Gasteiger partial charge in [0.25, 0.3) is 10.1 Å². The van der Waals surface area contributed by atoms with E-state index in [2.05, 4.69) is 36.9 Å². The van der Waals surface area contributed by atoms with E-state index in [1.54, 1.807) is 0 Å². The number of hydrogen-bond donors (Lipinski definition) is 1. The van der Waals surface area contributed by atoms with Crippen LogP contribution in [0.15, 0.2) is 10.9 Å². The Morgan fingerprint density at radius 3 is 1.75 bits per heavy atom. The molecule has 0 aromatic rings. The first-order valence-corrected chi connectivity index (χ1v) is 15.0. The summed E-state index contributed by atoms with van der Waals surface area (Å²) >= 11 is 0. The highest BCUT2D eigenvalue weighted by Gasteiger charge is 2.38. The van der Waals surface area contributed by atoms with E-state index in [0.717, 1.165) is 87.9 Å². The van der Waals surface area contributed by atoms with Crippen molar-refractivity contribution in [1.29, 1.82) is 0 Å². The summed E-state index contributed by atoms with van der Waals surface area (Å²) in [7, 11) is -1.20. The van der Waals surface area contributed by atoms with Gasteiger partial charge in [0, 0.05) is 11.0 Å². The van der Waals surface area contributed by atoms with Gasteiger partial charge < -0.3 is 4.74 Å². The van der Waals surface area contributed by atoms with Crippen molar-refractivity contribution in [3.05, 3.63) is 10.9 Å². The molecule has 0 fully saturated rings. The second kappa shape index (κ2) is 18.0. The van der Waals surface area contributed by atoms with Gasteiger partial charge in [-0.2, -0.15) is 8.42 Å². The molecule has 0 amide bonds. The molecule has 0 saturated carbocycles. The molecule has 0 aliphatic rings. The Balaban J connectivity index is 5.94. The molecule has 0 heterocycles. The van der Waals surface area contributed by atoms with E-state index in [-0.39, 0.29) is 24.4 Å². The van der Waals surface area contributed by atoms with Crippen molar-refractivity contribution in [2.45, 2.75) is 124 Å². The zero-order chi connectivity index (χ0) is 24.5. The van der Waals surface area contributed by atoms with Crippen molar-refractivity contribution >= 4 is 25.3 Å². The summed E-state index contributed by atoms with van der Waals surface area (Å²) in [6.07, 6.45) is 14.9. The van der Waals surface area contributed by atoms with E-state index in [1.807, 2.05) is 0 Å². The Hall–Kier alpha value is -0.450. The minimum Gasteiger partial charge on any atom is -0.462 e. The van der Waals surface area contributed by atoms with Gasteiger partial charge in [0.1, 0.15) is 0 Å². The van der Waals surface area contributed by atoms with Crippen LogP contribution in [0.5, 0.6) is 0 Å². The molecule has 1 atom stereocenters. The lowest BCUT2D eigenvalue weighted by Crippen LogP contribution is -2.31. The van der Waals surface area contributed by atoms with Crippen LogP contribution in [0, 0.1) is 5.41 Å². The van der Waals surface area contributed by atoms with E-state index >= 15 is 0 Å². The molecule has 0 aliphatic carbocycles. The Bertz CT molecular complexity index is 621. The van der Waals surface area contributed by atoms with Gasteiger partial charge in [-0.3, -0.25) is 4.55 Å². The highest BCUT2D eigenvalue weighted by Crippen LogP contribution is 2.47. The Morgan fingerprint density at radius 2 is 1.31 bits per heavy atom. The number of carbonyl (C=O) groups is 1. The Labute approximate surface area is 200 Å². The molecule has 0 rings (SSSR count). The van der Waals surface area contributed by atoms with Gasteiger partial charge in [-0.1, -0.05) is 85.5 Å². The first-order chi connectivity index (χ1) is 15.2. The minimum absolute atomic E-state index is 0.00131. The molecule has 0 bridgehead atoms. The Morgan fingerprint density at radius 1 is 0.812 bits per heavy atom. The number of ether oxygens (including phenoxy) is 1. The number of carbonyl (C=O) groups excluding carboxylic acids is 1. The Kier molecular flexibility index (Phi) is 17.7. The quantitative estimate of drug-likeness (QED) is 0.0627. The van der Waals surface area contributed by atoms with Gasteiger partial charge in [0.15, 0.2) is 0 Å². The minimum atomic E-state index is -4.05. The summed E-state index contributed by atoms with van der Waals surface area (Å²) in [5.41, 5.74) is 0.630. The third-order valence-electron chi connectivity index (χ3n) is 6.16. The number of rotatable bonds is 20. The molecule has 5 nitrogen and oxygen atoms in total. The average molecular weight is 493 g/mol. The van der Waals surface area contributed by atoms with Crippen molar-refractivity contribution in [3.63, 3.8) is 0 Å². The van der Waals surface area contributed by atoms with Crippen molar-refractivity contribution in [3.8, 4) is 0 Å². The van der Waals surface area contributed by atoms with Crippen LogP contribution in [0.25, 0.3) is 0 Å². The topological polar surface area (TPSA) is 80.7 Å². The van der Waals surface area contributed by atoms with Crippen molar-refractivity contribution in [2.24, 2.45) is 5.41 Å². The highest BCUT2D eigenvalue weighted by atomic mass is 32.2. The molecule has 0 aliphatic heterocycles. The van der Waals surface area contributed by atoms with Crippen LogP contribution in [0.3, 0.4) is 0 Å². The molecule has 0 radical (unpaired) electrons. The molecule has 0 aromatic carbocycles. The SMILES string of the molecule is CCCCCCC(P)=C(C(=O)OCCCS(=O)(=O)O)C(CCCC)(CCCC)CCCC. The number of esters is 1. The largest absolute Gasteiger partial charge is 0.462 e. The fourth-order valence-corrected chi connectivity index (χ4v) is 5.44. The van der Waals surface area contributed by atoms with Crippen LogP contribution in [-0.2, 0) is 19.6 Å². The first kappa shape index (κ1) is 31.6. The summed E-state index contributed by atoms with van der Waals surface area (Å²) in [5.74, 6) is -0.694. The van der Waals surface area contributed by atoms with Crippen LogP contribution in [0.2, 0.25) is 0 Å². The normalized spacial score (nSPS) is 13.2. The zero-order valence-electron chi connectivity index (χ0n) is 21.1. The molecular weight excluding hydrogens is 443 g/mol. The van der Waals surface area contributed by atoms with E-state index < -0.39 is 15.9 Å². The van der Waals surface area contributed by atoms with Gasteiger partial charge in [-0.25, -0.2) is 4.79 Å². The maximum Gasteiger partial charge on any atom is 0.334 e. The molecule has 0 spiro atoms. The van der Waals surface area contributed by atoms with Gasteiger partial charge in [0.2, 0.25) is 0 Å². The summed E-state index contributed by atoms with van der Waals surface area (Å²) in [6, 6.07) is 0. The van der Waals surface area contributed by atoms with Crippen molar-refractivity contribution in [1.82, 2.24) is 0 Å². The molecule has 1 unspecified atom stereocenters. The second-order valence-corrected chi connectivity index (χ2v) is 11.3. The fraction of sp³-hybridized carbons (Fsp3) is 0.880. The molecule has 1 N–H and O–H groups in total. The lowest BCUT2D eigenvalue weighted by atomic mass is 9.68.